The lowest BCUT2D eigenvalue weighted by molar-refractivity contribution is 0.134. The zero-order chi connectivity index (χ0) is 14.3. The highest BCUT2D eigenvalue weighted by molar-refractivity contribution is 5.38. The van der Waals surface area contributed by atoms with Gasteiger partial charge in [-0.15, -0.1) is 0 Å². The summed E-state index contributed by atoms with van der Waals surface area (Å²) in [6, 6.07) is 6.09. The van der Waals surface area contributed by atoms with Crippen LogP contribution in [-0.4, -0.2) is 5.11 Å². The molecule has 2 nitrogen and oxygen atoms in total. The Morgan fingerprint density at radius 2 is 1.60 bits per heavy atom. The summed E-state index contributed by atoms with van der Waals surface area (Å²) in [4.78, 5) is 0. The van der Waals surface area contributed by atoms with E-state index in [-0.39, 0.29) is 0 Å². The molecular weight excluding hydrogens is 269 g/mol. The minimum absolute atomic E-state index is 0.346. The first-order valence-corrected chi connectivity index (χ1v) is 6.08. The molecule has 1 heterocycles. The van der Waals surface area contributed by atoms with Crippen molar-refractivity contribution in [3.05, 3.63) is 70.0 Å². The Labute approximate surface area is 113 Å². The highest BCUT2D eigenvalue weighted by Crippen LogP contribution is 2.30. The van der Waals surface area contributed by atoms with Gasteiger partial charge in [0, 0.05) is 12.1 Å². The zero-order valence-electron chi connectivity index (χ0n) is 10.4. The molecule has 1 N–H and O–H groups in total. The van der Waals surface area contributed by atoms with Gasteiger partial charge in [-0.2, -0.15) is 0 Å². The fourth-order valence-corrected chi connectivity index (χ4v) is 2.34. The first-order valence-electron chi connectivity index (χ1n) is 6.08. The van der Waals surface area contributed by atoms with Crippen LogP contribution >= 0.6 is 0 Å². The third-order valence-electron chi connectivity index (χ3n) is 3.38. The molecule has 0 aliphatic carbocycles. The SMILES string of the molecule is OC(c1ccc2c(c1)COC2)c1c(F)cc(F)cc1F. The van der Waals surface area contributed by atoms with Crippen LogP contribution in [0.4, 0.5) is 13.2 Å². The van der Waals surface area contributed by atoms with Gasteiger partial charge in [-0.1, -0.05) is 18.2 Å². The molecule has 5 heteroatoms. The number of aliphatic hydroxyl groups excluding tert-OH is 1. The summed E-state index contributed by atoms with van der Waals surface area (Å²) in [7, 11) is 0. The second kappa shape index (κ2) is 4.92. The Hall–Kier alpha value is -1.85. The highest BCUT2D eigenvalue weighted by Gasteiger charge is 2.22. The van der Waals surface area contributed by atoms with Crippen LogP contribution in [-0.2, 0) is 18.0 Å². The van der Waals surface area contributed by atoms with Crippen LogP contribution in [0.1, 0.15) is 28.4 Å². The summed E-state index contributed by atoms with van der Waals surface area (Å²) in [5.74, 6) is -3.23. The van der Waals surface area contributed by atoms with Crippen molar-refractivity contribution >= 4 is 0 Å². The lowest BCUT2D eigenvalue weighted by Gasteiger charge is -2.14. The van der Waals surface area contributed by atoms with E-state index in [0.29, 0.717) is 30.9 Å². The van der Waals surface area contributed by atoms with E-state index < -0.39 is 29.1 Å². The number of halogens is 3. The molecule has 0 saturated heterocycles. The predicted octanol–water partition coefficient (Wildman–Crippen LogP) is 3.22. The lowest BCUT2D eigenvalue weighted by Crippen LogP contribution is -2.07. The van der Waals surface area contributed by atoms with Crippen LogP contribution in [0, 0.1) is 17.5 Å². The van der Waals surface area contributed by atoms with E-state index >= 15 is 0 Å². The summed E-state index contributed by atoms with van der Waals surface area (Å²) in [5.41, 5.74) is 1.66. The molecule has 0 aromatic heterocycles. The second-order valence-corrected chi connectivity index (χ2v) is 4.71. The topological polar surface area (TPSA) is 29.5 Å². The maximum Gasteiger partial charge on any atom is 0.135 e. The lowest BCUT2D eigenvalue weighted by atomic mass is 9.97. The highest BCUT2D eigenvalue weighted by atomic mass is 19.1. The average Bonchev–Trinajstić information content (AvgIpc) is 2.84. The van der Waals surface area contributed by atoms with Crippen molar-refractivity contribution in [2.75, 3.05) is 0 Å². The van der Waals surface area contributed by atoms with Crippen LogP contribution in [0.2, 0.25) is 0 Å². The Morgan fingerprint density at radius 3 is 2.30 bits per heavy atom. The van der Waals surface area contributed by atoms with Gasteiger partial charge in [0.25, 0.3) is 0 Å². The van der Waals surface area contributed by atoms with Crippen LogP contribution in [0.15, 0.2) is 30.3 Å². The van der Waals surface area contributed by atoms with Crippen molar-refractivity contribution in [3.63, 3.8) is 0 Å². The van der Waals surface area contributed by atoms with Crippen LogP contribution in [0.5, 0.6) is 0 Å². The quantitative estimate of drug-likeness (QED) is 0.915. The first kappa shape index (κ1) is 13.1. The zero-order valence-corrected chi connectivity index (χ0v) is 10.4. The van der Waals surface area contributed by atoms with Gasteiger partial charge >= 0.3 is 0 Å². The maximum absolute atomic E-state index is 13.7. The van der Waals surface area contributed by atoms with Gasteiger partial charge in [0.2, 0.25) is 0 Å². The molecule has 0 spiro atoms. The largest absolute Gasteiger partial charge is 0.383 e. The summed E-state index contributed by atoms with van der Waals surface area (Å²) < 4.78 is 45.4. The van der Waals surface area contributed by atoms with E-state index in [4.69, 9.17) is 4.74 Å². The van der Waals surface area contributed by atoms with Crippen molar-refractivity contribution in [2.24, 2.45) is 0 Å². The van der Waals surface area contributed by atoms with E-state index in [1.165, 1.54) is 0 Å². The fourth-order valence-electron chi connectivity index (χ4n) is 2.34. The number of hydrogen-bond donors (Lipinski definition) is 1. The van der Waals surface area contributed by atoms with Gasteiger partial charge in [0.1, 0.15) is 23.6 Å². The van der Waals surface area contributed by atoms with Gasteiger partial charge in [0.15, 0.2) is 0 Å². The Kier molecular flexibility index (Phi) is 3.23. The maximum atomic E-state index is 13.7. The molecule has 1 unspecified atom stereocenters. The molecule has 1 aliphatic rings. The number of aliphatic hydroxyl groups is 1. The average molecular weight is 280 g/mol. The molecule has 0 amide bonds. The van der Waals surface area contributed by atoms with Gasteiger partial charge in [-0.05, 0) is 16.7 Å². The first-order chi connectivity index (χ1) is 9.56. The molecular formula is C15H11F3O2. The van der Waals surface area contributed by atoms with Crippen molar-refractivity contribution in [1.82, 2.24) is 0 Å². The van der Waals surface area contributed by atoms with Gasteiger partial charge < -0.3 is 9.84 Å². The predicted molar refractivity (Wildman–Crippen MR) is 65.3 cm³/mol. The van der Waals surface area contributed by atoms with Gasteiger partial charge in [-0.25, -0.2) is 13.2 Å². The molecule has 0 bridgehead atoms. The van der Waals surface area contributed by atoms with Crippen molar-refractivity contribution in [2.45, 2.75) is 19.3 Å². The second-order valence-electron chi connectivity index (χ2n) is 4.71. The van der Waals surface area contributed by atoms with E-state index in [2.05, 4.69) is 0 Å². The molecule has 20 heavy (non-hydrogen) atoms. The Bertz CT molecular complexity index is 647. The van der Waals surface area contributed by atoms with Gasteiger partial charge in [0.05, 0.1) is 18.8 Å². The number of rotatable bonds is 2. The molecule has 0 fully saturated rings. The van der Waals surface area contributed by atoms with E-state index in [1.54, 1.807) is 18.2 Å². The Morgan fingerprint density at radius 1 is 0.950 bits per heavy atom. The third kappa shape index (κ3) is 2.19. The molecule has 2 aromatic rings. The monoisotopic (exact) mass is 280 g/mol. The van der Waals surface area contributed by atoms with Crippen LogP contribution < -0.4 is 0 Å². The Balaban J connectivity index is 2.03. The molecule has 0 radical (unpaired) electrons. The van der Waals surface area contributed by atoms with Crippen LogP contribution in [0.3, 0.4) is 0 Å². The standard InChI is InChI=1S/C15H11F3O2/c16-11-4-12(17)14(13(18)5-11)15(19)8-1-2-9-6-20-7-10(9)3-8/h1-5,15,19H,6-7H2. The van der Waals surface area contributed by atoms with Crippen LogP contribution in [0.25, 0.3) is 0 Å². The van der Waals surface area contributed by atoms with Crippen molar-refractivity contribution < 1.29 is 23.0 Å². The van der Waals surface area contributed by atoms with E-state index in [9.17, 15) is 18.3 Å². The van der Waals surface area contributed by atoms with Crippen molar-refractivity contribution in [3.8, 4) is 0 Å². The molecule has 3 rings (SSSR count). The molecule has 2 aromatic carbocycles. The number of hydrogen-bond acceptors (Lipinski definition) is 2. The van der Waals surface area contributed by atoms with E-state index in [1.807, 2.05) is 0 Å². The molecule has 1 atom stereocenters. The molecule has 0 saturated carbocycles. The smallest absolute Gasteiger partial charge is 0.135 e. The fraction of sp³-hybridized carbons (Fsp3) is 0.200. The minimum atomic E-state index is -1.48. The summed E-state index contributed by atoms with van der Waals surface area (Å²) in [6.07, 6.45) is -1.48. The summed E-state index contributed by atoms with van der Waals surface area (Å²) in [5, 5.41) is 10.1. The number of benzene rings is 2. The van der Waals surface area contributed by atoms with Gasteiger partial charge in [-0.3, -0.25) is 0 Å². The number of ether oxygens (including phenoxy) is 1. The molecule has 104 valence electrons. The minimum Gasteiger partial charge on any atom is -0.383 e. The normalized spacial score (nSPS) is 15.2. The number of fused-ring (bicyclic) bond motifs is 1. The molecule has 1 aliphatic heterocycles. The van der Waals surface area contributed by atoms with E-state index in [0.717, 1.165) is 11.1 Å². The van der Waals surface area contributed by atoms with Crippen molar-refractivity contribution in [1.29, 1.82) is 0 Å². The summed E-state index contributed by atoms with van der Waals surface area (Å²) >= 11 is 0. The summed E-state index contributed by atoms with van der Waals surface area (Å²) in [6.45, 7) is 0.898. The third-order valence-corrected chi connectivity index (χ3v) is 3.38.